The average molecular weight is 299 g/mol. The Balaban J connectivity index is 1.77. The minimum absolute atomic E-state index is 0.259. The summed E-state index contributed by atoms with van der Waals surface area (Å²) in [5.74, 6) is 1.60. The maximum Gasteiger partial charge on any atom is 0.225 e. The van der Waals surface area contributed by atoms with E-state index in [1.54, 1.807) is 19.5 Å². The van der Waals surface area contributed by atoms with E-state index in [9.17, 15) is 0 Å². The van der Waals surface area contributed by atoms with Gasteiger partial charge >= 0.3 is 0 Å². The molecular weight excluding hydrogens is 278 g/mol. The second-order valence-corrected chi connectivity index (χ2v) is 5.42. The fourth-order valence-corrected chi connectivity index (χ4v) is 2.70. The molecule has 1 fully saturated rings. The molecule has 0 bridgehead atoms. The molecule has 116 valence electrons. The molecule has 2 aromatic rings. The van der Waals surface area contributed by atoms with E-state index < -0.39 is 0 Å². The number of nitrogens with zero attached hydrogens (tertiary/aromatic N) is 3. The molecule has 22 heavy (non-hydrogen) atoms. The van der Waals surface area contributed by atoms with Crippen molar-refractivity contribution in [1.82, 2.24) is 9.97 Å². The molecule has 0 unspecified atom stereocenters. The third-order valence-electron chi connectivity index (χ3n) is 3.79. The van der Waals surface area contributed by atoms with Crippen LogP contribution in [0.3, 0.4) is 0 Å². The largest absolute Gasteiger partial charge is 0.497 e. The molecule has 1 aromatic carbocycles. The summed E-state index contributed by atoms with van der Waals surface area (Å²) in [6.07, 6.45) is 6.04. The van der Waals surface area contributed by atoms with Gasteiger partial charge in [-0.2, -0.15) is 0 Å². The fourth-order valence-electron chi connectivity index (χ4n) is 2.70. The number of aromatic nitrogens is 2. The summed E-state index contributed by atoms with van der Waals surface area (Å²) in [5.41, 5.74) is 1.17. The Kier molecular flexibility index (Phi) is 4.85. The first-order valence-electron chi connectivity index (χ1n) is 7.61. The van der Waals surface area contributed by atoms with Gasteiger partial charge in [-0.15, -0.1) is 0 Å². The number of hydrogen-bond acceptors (Lipinski definition) is 5. The van der Waals surface area contributed by atoms with E-state index in [2.05, 4.69) is 20.9 Å². The molecule has 0 saturated carbocycles. The highest BCUT2D eigenvalue weighted by Crippen LogP contribution is 2.20. The molecule has 1 atom stereocenters. The van der Waals surface area contributed by atoms with E-state index in [0.717, 1.165) is 44.2 Å². The summed E-state index contributed by atoms with van der Waals surface area (Å²) in [7, 11) is 1.68. The number of anilines is 1. The number of benzene rings is 1. The number of hydrogen-bond donors (Lipinski definition) is 0. The first-order chi connectivity index (χ1) is 10.8. The molecule has 0 amide bonds. The van der Waals surface area contributed by atoms with Gasteiger partial charge in [-0.1, -0.05) is 12.1 Å². The lowest BCUT2D eigenvalue weighted by Gasteiger charge is -2.25. The van der Waals surface area contributed by atoms with Gasteiger partial charge in [-0.05, 0) is 36.6 Å². The lowest BCUT2D eigenvalue weighted by Crippen LogP contribution is -2.33. The van der Waals surface area contributed by atoms with E-state index in [0.29, 0.717) is 0 Å². The van der Waals surface area contributed by atoms with Crippen molar-refractivity contribution in [2.45, 2.75) is 25.5 Å². The number of ether oxygens (including phenoxy) is 2. The van der Waals surface area contributed by atoms with Gasteiger partial charge in [0.05, 0.1) is 13.2 Å². The van der Waals surface area contributed by atoms with Crippen molar-refractivity contribution in [2.24, 2.45) is 0 Å². The van der Waals surface area contributed by atoms with Crippen LogP contribution in [0.5, 0.6) is 5.75 Å². The van der Waals surface area contributed by atoms with Crippen LogP contribution in [0.2, 0.25) is 0 Å². The van der Waals surface area contributed by atoms with Crippen LogP contribution in [-0.4, -0.2) is 36.3 Å². The van der Waals surface area contributed by atoms with Crippen LogP contribution < -0.4 is 9.64 Å². The normalized spacial score (nSPS) is 17.4. The molecule has 1 saturated heterocycles. The predicted octanol–water partition coefficient (Wildman–Crippen LogP) is 2.67. The zero-order chi connectivity index (χ0) is 15.2. The molecule has 0 radical (unpaired) electrons. The third-order valence-corrected chi connectivity index (χ3v) is 3.79. The average Bonchev–Trinajstić information content (AvgIpc) is 3.08. The quantitative estimate of drug-likeness (QED) is 0.820. The lowest BCUT2D eigenvalue weighted by atomic mass is 10.2. The third kappa shape index (κ3) is 3.74. The Morgan fingerprint density at radius 3 is 2.86 bits per heavy atom. The van der Waals surface area contributed by atoms with Gasteiger partial charge in [0.2, 0.25) is 5.95 Å². The summed E-state index contributed by atoms with van der Waals surface area (Å²) in [5, 5.41) is 0. The van der Waals surface area contributed by atoms with Gasteiger partial charge in [-0.25, -0.2) is 9.97 Å². The zero-order valence-electron chi connectivity index (χ0n) is 12.8. The molecule has 5 nitrogen and oxygen atoms in total. The van der Waals surface area contributed by atoms with E-state index in [-0.39, 0.29) is 6.10 Å². The maximum atomic E-state index is 5.77. The van der Waals surface area contributed by atoms with Crippen LogP contribution in [-0.2, 0) is 11.3 Å². The Morgan fingerprint density at radius 1 is 1.27 bits per heavy atom. The first-order valence-corrected chi connectivity index (χ1v) is 7.61. The van der Waals surface area contributed by atoms with Gasteiger partial charge < -0.3 is 14.4 Å². The van der Waals surface area contributed by atoms with Crippen LogP contribution >= 0.6 is 0 Å². The topological polar surface area (TPSA) is 47.5 Å². The van der Waals surface area contributed by atoms with E-state index in [1.807, 2.05) is 24.3 Å². The standard InChI is InChI=1S/C17H21N3O2/c1-21-15-6-2-5-14(11-15)12-20(13-16-7-3-10-22-16)17-18-8-4-9-19-17/h2,4-6,8-9,11,16H,3,7,10,12-13H2,1H3/t16-/m1/s1. The minimum Gasteiger partial charge on any atom is -0.497 e. The SMILES string of the molecule is COc1cccc(CN(C[C@H]2CCCO2)c2ncccn2)c1. The monoisotopic (exact) mass is 299 g/mol. The van der Waals surface area contributed by atoms with Crippen molar-refractivity contribution in [3.63, 3.8) is 0 Å². The minimum atomic E-state index is 0.259. The van der Waals surface area contributed by atoms with Crippen molar-refractivity contribution >= 4 is 5.95 Å². The Labute approximate surface area is 130 Å². The molecular formula is C17H21N3O2. The van der Waals surface area contributed by atoms with Gasteiger partial charge in [0.15, 0.2) is 0 Å². The molecule has 0 spiro atoms. The summed E-state index contributed by atoms with van der Waals surface area (Å²) >= 11 is 0. The highest BCUT2D eigenvalue weighted by atomic mass is 16.5. The Hall–Kier alpha value is -2.14. The van der Waals surface area contributed by atoms with Crippen molar-refractivity contribution in [1.29, 1.82) is 0 Å². The summed E-state index contributed by atoms with van der Waals surface area (Å²) < 4.78 is 11.1. The van der Waals surface area contributed by atoms with Crippen LogP contribution in [0.25, 0.3) is 0 Å². The molecule has 0 aliphatic carbocycles. The number of rotatable bonds is 6. The van der Waals surface area contributed by atoms with Crippen LogP contribution in [0.4, 0.5) is 5.95 Å². The predicted molar refractivity (Wildman–Crippen MR) is 85.1 cm³/mol. The molecule has 3 rings (SSSR count). The smallest absolute Gasteiger partial charge is 0.225 e. The lowest BCUT2D eigenvalue weighted by molar-refractivity contribution is 0.115. The molecule has 1 aliphatic rings. The van der Waals surface area contributed by atoms with E-state index in [1.165, 1.54) is 5.56 Å². The van der Waals surface area contributed by atoms with Crippen molar-refractivity contribution in [3.05, 3.63) is 48.3 Å². The van der Waals surface area contributed by atoms with Gasteiger partial charge in [0.1, 0.15) is 5.75 Å². The number of methoxy groups -OCH3 is 1. The second kappa shape index (κ2) is 7.22. The van der Waals surface area contributed by atoms with Crippen molar-refractivity contribution < 1.29 is 9.47 Å². The van der Waals surface area contributed by atoms with E-state index >= 15 is 0 Å². The van der Waals surface area contributed by atoms with Crippen LogP contribution in [0.1, 0.15) is 18.4 Å². The zero-order valence-corrected chi connectivity index (χ0v) is 12.8. The fraction of sp³-hybridized carbons (Fsp3) is 0.412. The van der Waals surface area contributed by atoms with Crippen molar-refractivity contribution in [2.75, 3.05) is 25.2 Å². The highest BCUT2D eigenvalue weighted by molar-refractivity contribution is 5.35. The summed E-state index contributed by atoms with van der Waals surface area (Å²) in [6, 6.07) is 9.93. The van der Waals surface area contributed by atoms with Gasteiger partial charge in [-0.3, -0.25) is 0 Å². The van der Waals surface area contributed by atoms with E-state index in [4.69, 9.17) is 9.47 Å². The molecule has 1 aliphatic heterocycles. The molecule has 0 N–H and O–H groups in total. The van der Waals surface area contributed by atoms with Crippen LogP contribution in [0.15, 0.2) is 42.7 Å². The Morgan fingerprint density at radius 2 is 2.14 bits per heavy atom. The molecule has 1 aromatic heterocycles. The summed E-state index contributed by atoms with van der Waals surface area (Å²) in [6.45, 7) is 2.40. The first kappa shape index (κ1) is 14.8. The van der Waals surface area contributed by atoms with Gasteiger partial charge in [0.25, 0.3) is 0 Å². The van der Waals surface area contributed by atoms with Crippen LogP contribution in [0, 0.1) is 0 Å². The maximum absolute atomic E-state index is 5.77. The van der Waals surface area contributed by atoms with Crippen molar-refractivity contribution in [3.8, 4) is 5.75 Å². The van der Waals surface area contributed by atoms with Gasteiger partial charge in [0, 0.05) is 32.1 Å². The highest BCUT2D eigenvalue weighted by Gasteiger charge is 2.21. The Bertz CT molecular complexity index is 585. The molecule has 2 heterocycles. The second-order valence-electron chi connectivity index (χ2n) is 5.42. The summed E-state index contributed by atoms with van der Waals surface area (Å²) in [4.78, 5) is 10.9. The molecule has 5 heteroatoms.